The van der Waals surface area contributed by atoms with Gasteiger partial charge >= 0.3 is 0 Å². The summed E-state index contributed by atoms with van der Waals surface area (Å²) in [5, 5.41) is 2.04. The van der Waals surface area contributed by atoms with Gasteiger partial charge in [-0.25, -0.2) is 0 Å². The van der Waals surface area contributed by atoms with Crippen LogP contribution in [0.15, 0.2) is 58.7 Å². The van der Waals surface area contributed by atoms with Crippen molar-refractivity contribution in [1.29, 1.82) is 0 Å². The number of carbonyl (C=O) groups excluding carboxylic acids is 1. The van der Waals surface area contributed by atoms with Gasteiger partial charge in [-0.2, -0.15) is 0 Å². The predicted octanol–water partition coefficient (Wildman–Crippen LogP) is 4.24. The van der Waals surface area contributed by atoms with Crippen LogP contribution in [0.1, 0.15) is 20.8 Å². The maximum atomic E-state index is 13.2. The number of benzene rings is 1. The molecule has 26 heavy (non-hydrogen) atoms. The molecule has 0 saturated carbocycles. The Morgan fingerprint density at radius 1 is 1.15 bits per heavy atom. The van der Waals surface area contributed by atoms with Crippen LogP contribution in [0.2, 0.25) is 0 Å². The van der Waals surface area contributed by atoms with E-state index >= 15 is 0 Å². The second kappa shape index (κ2) is 8.58. The molecule has 0 spiro atoms. The number of amides is 1. The normalized spacial score (nSPS) is 10.5. The van der Waals surface area contributed by atoms with E-state index in [1.165, 1.54) is 4.88 Å². The zero-order chi connectivity index (χ0) is 18.4. The first-order valence-corrected chi connectivity index (χ1v) is 9.14. The molecule has 2 aromatic heterocycles. The summed E-state index contributed by atoms with van der Waals surface area (Å²) < 4.78 is 15.9. The Morgan fingerprint density at radius 2 is 2.04 bits per heavy atom. The Balaban J connectivity index is 1.86. The average molecular weight is 371 g/mol. The Bertz CT molecular complexity index is 828. The van der Waals surface area contributed by atoms with Gasteiger partial charge in [0.05, 0.1) is 32.3 Å². The van der Waals surface area contributed by atoms with Crippen LogP contribution in [-0.4, -0.2) is 31.6 Å². The highest BCUT2D eigenvalue weighted by atomic mass is 32.1. The largest absolute Gasteiger partial charge is 0.493 e. The monoisotopic (exact) mass is 371 g/mol. The van der Waals surface area contributed by atoms with Crippen LogP contribution in [0.25, 0.3) is 0 Å². The molecule has 0 aliphatic heterocycles. The molecule has 0 aliphatic carbocycles. The number of methoxy groups -OCH3 is 2. The number of hydrogen-bond acceptors (Lipinski definition) is 5. The van der Waals surface area contributed by atoms with Gasteiger partial charge in [-0.15, -0.1) is 11.3 Å². The zero-order valence-corrected chi connectivity index (χ0v) is 15.6. The van der Waals surface area contributed by atoms with E-state index in [0.29, 0.717) is 30.2 Å². The Kier molecular flexibility index (Phi) is 5.96. The van der Waals surface area contributed by atoms with Crippen molar-refractivity contribution in [3.63, 3.8) is 0 Å². The van der Waals surface area contributed by atoms with E-state index in [4.69, 9.17) is 13.9 Å². The maximum absolute atomic E-state index is 13.2. The SMILES string of the molecule is COc1cccc(C(=O)N(CCc2cccs2)Cc2ccoc2)c1OC. The highest BCUT2D eigenvalue weighted by Crippen LogP contribution is 2.32. The highest BCUT2D eigenvalue weighted by Gasteiger charge is 2.22. The second-order valence-electron chi connectivity index (χ2n) is 5.73. The predicted molar refractivity (Wildman–Crippen MR) is 101 cm³/mol. The fourth-order valence-electron chi connectivity index (χ4n) is 2.78. The van der Waals surface area contributed by atoms with Crippen LogP contribution in [-0.2, 0) is 13.0 Å². The molecule has 6 heteroatoms. The number of nitrogens with zero attached hydrogens (tertiary/aromatic N) is 1. The Hall–Kier alpha value is -2.73. The smallest absolute Gasteiger partial charge is 0.258 e. The Labute approximate surface area is 156 Å². The molecule has 3 rings (SSSR count). The lowest BCUT2D eigenvalue weighted by atomic mass is 10.1. The van der Waals surface area contributed by atoms with E-state index in [9.17, 15) is 4.79 Å². The number of hydrogen-bond donors (Lipinski definition) is 0. The molecule has 1 aromatic carbocycles. The van der Waals surface area contributed by atoms with Gasteiger partial charge < -0.3 is 18.8 Å². The summed E-state index contributed by atoms with van der Waals surface area (Å²) in [5.74, 6) is 0.895. The summed E-state index contributed by atoms with van der Waals surface area (Å²) in [7, 11) is 3.10. The van der Waals surface area contributed by atoms with Crippen molar-refractivity contribution in [3.05, 3.63) is 70.3 Å². The quantitative estimate of drug-likeness (QED) is 0.594. The van der Waals surface area contributed by atoms with Crippen molar-refractivity contribution in [3.8, 4) is 11.5 Å². The summed E-state index contributed by atoms with van der Waals surface area (Å²) in [6.07, 6.45) is 4.07. The molecule has 3 aromatic rings. The molecule has 0 radical (unpaired) electrons. The minimum atomic E-state index is -0.0986. The zero-order valence-electron chi connectivity index (χ0n) is 14.8. The number of para-hydroxylation sites is 1. The van der Waals surface area contributed by atoms with Crippen molar-refractivity contribution in [2.24, 2.45) is 0 Å². The molecule has 0 bridgehead atoms. The van der Waals surface area contributed by atoms with Gasteiger partial charge in [0.15, 0.2) is 11.5 Å². The molecule has 0 N–H and O–H groups in total. The van der Waals surface area contributed by atoms with E-state index in [-0.39, 0.29) is 5.91 Å². The maximum Gasteiger partial charge on any atom is 0.258 e. The van der Waals surface area contributed by atoms with Crippen molar-refractivity contribution >= 4 is 17.2 Å². The summed E-state index contributed by atoms with van der Waals surface area (Å²) in [5.41, 5.74) is 1.44. The fourth-order valence-corrected chi connectivity index (χ4v) is 3.48. The minimum Gasteiger partial charge on any atom is -0.493 e. The van der Waals surface area contributed by atoms with E-state index in [2.05, 4.69) is 6.07 Å². The highest BCUT2D eigenvalue weighted by molar-refractivity contribution is 7.09. The molecular weight excluding hydrogens is 350 g/mol. The van der Waals surface area contributed by atoms with Gasteiger partial charge in [-0.05, 0) is 36.1 Å². The van der Waals surface area contributed by atoms with Gasteiger partial charge in [-0.1, -0.05) is 12.1 Å². The van der Waals surface area contributed by atoms with Gasteiger partial charge in [0.1, 0.15) is 0 Å². The van der Waals surface area contributed by atoms with Crippen LogP contribution in [0.4, 0.5) is 0 Å². The Morgan fingerprint density at radius 3 is 2.69 bits per heavy atom. The summed E-state index contributed by atoms with van der Waals surface area (Å²) in [6.45, 7) is 1.08. The van der Waals surface area contributed by atoms with Crippen LogP contribution >= 0.6 is 11.3 Å². The molecule has 0 saturated heterocycles. The number of thiophene rings is 1. The first-order chi connectivity index (χ1) is 12.7. The minimum absolute atomic E-state index is 0.0986. The van der Waals surface area contributed by atoms with Crippen LogP contribution in [0.5, 0.6) is 11.5 Å². The van der Waals surface area contributed by atoms with Crippen LogP contribution in [0.3, 0.4) is 0 Å². The molecule has 136 valence electrons. The van der Waals surface area contributed by atoms with Gasteiger partial charge in [0.25, 0.3) is 5.91 Å². The third-order valence-electron chi connectivity index (χ3n) is 4.08. The number of ether oxygens (including phenoxy) is 2. The van der Waals surface area contributed by atoms with E-state index in [1.54, 1.807) is 56.3 Å². The van der Waals surface area contributed by atoms with E-state index in [0.717, 1.165) is 12.0 Å². The molecule has 0 fully saturated rings. The molecule has 0 unspecified atom stereocenters. The van der Waals surface area contributed by atoms with Gasteiger partial charge in [-0.3, -0.25) is 4.79 Å². The molecule has 0 atom stereocenters. The second-order valence-corrected chi connectivity index (χ2v) is 6.76. The number of rotatable bonds is 8. The van der Waals surface area contributed by atoms with Gasteiger partial charge in [0.2, 0.25) is 0 Å². The van der Waals surface area contributed by atoms with E-state index in [1.807, 2.05) is 22.4 Å². The number of furan rings is 1. The van der Waals surface area contributed by atoms with Crippen LogP contribution in [0, 0.1) is 0 Å². The number of carbonyl (C=O) groups is 1. The lowest BCUT2D eigenvalue weighted by Crippen LogP contribution is -2.32. The molecular formula is C20H21NO4S. The van der Waals surface area contributed by atoms with Crippen molar-refractivity contribution < 1.29 is 18.7 Å². The molecule has 5 nitrogen and oxygen atoms in total. The van der Waals surface area contributed by atoms with Crippen LogP contribution < -0.4 is 9.47 Å². The van der Waals surface area contributed by atoms with Crippen molar-refractivity contribution in [2.45, 2.75) is 13.0 Å². The summed E-state index contributed by atoms with van der Waals surface area (Å²) in [4.78, 5) is 16.3. The van der Waals surface area contributed by atoms with E-state index < -0.39 is 0 Å². The van der Waals surface area contributed by atoms with Gasteiger partial charge in [0, 0.05) is 23.5 Å². The third kappa shape index (κ3) is 4.08. The molecule has 0 aliphatic rings. The summed E-state index contributed by atoms with van der Waals surface area (Å²) in [6, 6.07) is 11.3. The first kappa shape index (κ1) is 18.1. The topological polar surface area (TPSA) is 51.9 Å². The summed E-state index contributed by atoms with van der Waals surface area (Å²) >= 11 is 1.69. The lowest BCUT2D eigenvalue weighted by Gasteiger charge is -2.23. The third-order valence-corrected chi connectivity index (χ3v) is 5.02. The van der Waals surface area contributed by atoms with Crippen molar-refractivity contribution in [1.82, 2.24) is 4.90 Å². The lowest BCUT2D eigenvalue weighted by molar-refractivity contribution is 0.0741. The fraction of sp³-hybridized carbons (Fsp3) is 0.250. The average Bonchev–Trinajstić information content (AvgIpc) is 3.37. The van der Waals surface area contributed by atoms with Crippen molar-refractivity contribution in [2.75, 3.05) is 20.8 Å². The molecule has 1 amide bonds. The first-order valence-electron chi connectivity index (χ1n) is 8.26. The standard InChI is InChI=1S/C20H21NO4S/c1-23-18-7-3-6-17(19(18)24-2)20(22)21(13-15-9-11-25-14-15)10-8-16-5-4-12-26-16/h3-7,9,11-12,14H,8,10,13H2,1-2H3. The molecule has 2 heterocycles.